The number of rotatable bonds is 3. The van der Waals surface area contributed by atoms with Crippen LogP contribution in [0.5, 0.6) is 0 Å². The molecule has 7 nitrogen and oxygen atoms in total. The van der Waals surface area contributed by atoms with E-state index in [1.807, 2.05) is 6.07 Å². The second-order valence-electron chi connectivity index (χ2n) is 7.06. The number of likely N-dealkylation sites (tertiary alicyclic amines) is 1. The minimum atomic E-state index is -4.60. The number of alkyl halides is 3. The molecule has 0 unspecified atom stereocenters. The molecule has 11 heteroatoms. The van der Waals surface area contributed by atoms with Crippen LogP contribution in [0.3, 0.4) is 0 Å². The number of amides is 2. The van der Waals surface area contributed by atoms with Crippen molar-refractivity contribution >= 4 is 23.3 Å². The summed E-state index contributed by atoms with van der Waals surface area (Å²) in [6.07, 6.45) is -1.79. The van der Waals surface area contributed by atoms with Gasteiger partial charge in [-0.15, -0.1) is 0 Å². The van der Waals surface area contributed by atoms with Gasteiger partial charge in [0.15, 0.2) is 0 Å². The lowest BCUT2D eigenvalue weighted by molar-refractivity contribution is -0.137. The lowest BCUT2D eigenvalue weighted by Gasteiger charge is -2.30. The van der Waals surface area contributed by atoms with Crippen LogP contribution in [0.15, 0.2) is 47.1 Å². The number of pyridine rings is 1. The third-order valence-electron chi connectivity index (χ3n) is 4.99. The predicted molar refractivity (Wildman–Crippen MR) is 107 cm³/mol. The second-order valence-corrected chi connectivity index (χ2v) is 7.46. The highest BCUT2D eigenvalue weighted by molar-refractivity contribution is 6.31. The normalized spacial score (nSPS) is 15.2. The summed E-state index contributed by atoms with van der Waals surface area (Å²) in [5, 5.41) is 6.04. The summed E-state index contributed by atoms with van der Waals surface area (Å²) in [6.45, 7) is 0.801. The topological polar surface area (TPSA) is 84.2 Å². The molecule has 2 amide bonds. The number of nitrogens with zero attached hydrogens (tertiary/aromatic N) is 4. The van der Waals surface area contributed by atoms with E-state index >= 15 is 0 Å². The fourth-order valence-electron chi connectivity index (χ4n) is 3.35. The number of urea groups is 1. The molecule has 3 heterocycles. The molecule has 162 valence electrons. The highest BCUT2D eigenvalue weighted by Crippen LogP contribution is 2.36. The van der Waals surface area contributed by atoms with Crippen LogP contribution in [-0.4, -0.2) is 39.1 Å². The lowest BCUT2D eigenvalue weighted by Crippen LogP contribution is -2.40. The number of anilines is 1. The van der Waals surface area contributed by atoms with Gasteiger partial charge in [0.25, 0.3) is 0 Å². The van der Waals surface area contributed by atoms with E-state index < -0.39 is 22.8 Å². The highest BCUT2D eigenvalue weighted by atomic mass is 35.5. The van der Waals surface area contributed by atoms with Crippen molar-refractivity contribution in [1.29, 1.82) is 0 Å². The van der Waals surface area contributed by atoms with Crippen LogP contribution in [0.1, 0.15) is 30.2 Å². The minimum absolute atomic E-state index is 0.0126. The molecule has 0 aliphatic carbocycles. The first-order valence-corrected chi connectivity index (χ1v) is 9.87. The molecule has 31 heavy (non-hydrogen) atoms. The molecule has 0 saturated carbocycles. The Morgan fingerprint density at radius 3 is 2.65 bits per heavy atom. The van der Waals surface area contributed by atoms with Crippen molar-refractivity contribution in [2.24, 2.45) is 0 Å². The first-order valence-electron chi connectivity index (χ1n) is 9.49. The van der Waals surface area contributed by atoms with Crippen molar-refractivity contribution in [2.75, 3.05) is 18.4 Å². The van der Waals surface area contributed by atoms with Crippen LogP contribution in [0.2, 0.25) is 5.02 Å². The van der Waals surface area contributed by atoms with Gasteiger partial charge in [0.1, 0.15) is 5.69 Å². The lowest BCUT2D eigenvalue weighted by atomic mass is 9.97. The molecule has 1 aliphatic heterocycles. The molecule has 0 radical (unpaired) electrons. The van der Waals surface area contributed by atoms with Crippen LogP contribution in [0.4, 0.5) is 23.7 Å². The Morgan fingerprint density at radius 1 is 1.19 bits per heavy atom. The summed E-state index contributed by atoms with van der Waals surface area (Å²) in [5.41, 5.74) is -0.359. The van der Waals surface area contributed by atoms with Gasteiger partial charge in [-0.25, -0.2) is 4.79 Å². The molecule has 4 rings (SSSR count). The summed E-state index contributed by atoms with van der Waals surface area (Å²) < 4.78 is 44.4. The smallest absolute Gasteiger partial charge is 0.339 e. The Morgan fingerprint density at radius 2 is 1.97 bits per heavy atom. The Balaban J connectivity index is 1.36. The van der Waals surface area contributed by atoms with Gasteiger partial charge in [0, 0.05) is 30.9 Å². The van der Waals surface area contributed by atoms with Crippen LogP contribution < -0.4 is 5.32 Å². The van der Waals surface area contributed by atoms with Crippen LogP contribution >= 0.6 is 11.6 Å². The molecule has 1 fully saturated rings. The average Bonchev–Trinajstić information content (AvgIpc) is 3.25. The second kappa shape index (κ2) is 8.54. The minimum Gasteiger partial charge on any atom is -0.339 e. The number of carbonyl (C=O) groups excluding carboxylic acids is 1. The van der Waals surface area contributed by atoms with Gasteiger partial charge in [0.05, 0.1) is 10.6 Å². The highest BCUT2D eigenvalue weighted by Gasteiger charge is 2.34. The van der Waals surface area contributed by atoms with E-state index in [1.54, 1.807) is 18.3 Å². The van der Waals surface area contributed by atoms with Gasteiger partial charge in [-0.05, 0) is 43.2 Å². The van der Waals surface area contributed by atoms with Crippen molar-refractivity contribution in [3.8, 4) is 11.5 Å². The van der Waals surface area contributed by atoms with Crippen LogP contribution in [-0.2, 0) is 6.18 Å². The molecule has 2 aromatic heterocycles. The molecule has 1 aliphatic rings. The number of hydrogen-bond donors (Lipinski definition) is 1. The first-order chi connectivity index (χ1) is 14.8. The number of hydrogen-bond acceptors (Lipinski definition) is 5. The molecule has 1 N–H and O–H groups in total. The Labute approximate surface area is 180 Å². The number of aromatic nitrogens is 3. The number of benzene rings is 1. The summed E-state index contributed by atoms with van der Waals surface area (Å²) in [7, 11) is 0. The Hall–Kier alpha value is -3.14. The van der Waals surface area contributed by atoms with Gasteiger partial charge in [-0.2, -0.15) is 18.2 Å². The third-order valence-corrected chi connectivity index (χ3v) is 5.32. The molecule has 0 atom stereocenters. The number of piperidine rings is 1. The Kier molecular flexibility index (Phi) is 5.81. The van der Waals surface area contributed by atoms with E-state index in [0.29, 0.717) is 43.3 Å². The van der Waals surface area contributed by atoms with Gasteiger partial charge in [0.2, 0.25) is 11.7 Å². The first kappa shape index (κ1) is 21.1. The van der Waals surface area contributed by atoms with E-state index in [-0.39, 0.29) is 11.6 Å². The summed E-state index contributed by atoms with van der Waals surface area (Å²) in [4.78, 5) is 22.6. The van der Waals surface area contributed by atoms with E-state index in [9.17, 15) is 18.0 Å². The molecular weight excluding hydrogens is 435 g/mol. The van der Waals surface area contributed by atoms with Crippen LogP contribution in [0.25, 0.3) is 11.5 Å². The van der Waals surface area contributed by atoms with E-state index in [4.69, 9.17) is 16.1 Å². The third kappa shape index (κ3) is 4.79. The van der Waals surface area contributed by atoms with Crippen molar-refractivity contribution < 1.29 is 22.5 Å². The predicted octanol–water partition coefficient (Wildman–Crippen LogP) is 5.22. The molecule has 1 aromatic carbocycles. The molecule has 0 spiro atoms. The maximum absolute atomic E-state index is 13.0. The maximum Gasteiger partial charge on any atom is 0.417 e. The van der Waals surface area contributed by atoms with E-state index in [1.165, 1.54) is 11.0 Å². The van der Waals surface area contributed by atoms with Crippen molar-refractivity contribution in [1.82, 2.24) is 20.0 Å². The van der Waals surface area contributed by atoms with E-state index in [2.05, 4.69) is 20.4 Å². The summed E-state index contributed by atoms with van der Waals surface area (Å²) >= 11 is 5.61. The number of carbonyl (C=O) groups is 1. The zero-order valence-corrected chi connectivity index (χ0v) is 16.8. The quantitative estimate of drug-likeness (QED) is 0.590. The maximum atomic E-state index is 13.0. The summed E-state index contributed by atoms with van der Waals surface area (Å²) in [6, 6.07) is 8.19. The molecule has 0 bridgehead atoms. The molecule has 3 aromatic rings. The van der Waals surface area contributed by atoms with Gasteiger partial charge >= 0.3 is 12.2 Å². The summed E-state index contributed by atoms with van der Waals surface area (Å²) in [5.74, 6) is 0.869. The van der Waals surface area contributed by atoms with Crippen molar-refractivity contribution in [3.63, 3.8) is 0 Å². The molecular formula is C20H17ClF3N5O2. The van der Waals surface area contributed by atoms with Gasteiger partial charge in [-0.3, -0.25) is 4.98 Å². The monoisotopic (exact) mass is 451 g/mol. The van der Waals surface area contributed by atoms with Crippen molar-refractivity contribution in [2.45, 2.75) is 24.9 Å². The number of halogens is 4. The number of nitrogens with one attached hydrogen (secondary N) is 1. The zero-order chi connectivity index (χ0) is 22.0. The fraction of sp³-hybridized carbons (Fsp3) is 0.300. The Bertz CT molecular complexity index is 1070. The van der Waals surface area contributed by atoms with E-state index in [0.717, 1.165) is 12.1 Å². The van der Waals surface area contributed by atoms with Gasteiger partial charge < -0.3 is 14.7 Å². The molecule has 1 saturated heterocycles. The largest absolute Gasteiger partial charge is 0.417 e. The van der Waals surface area contributed by atoms with Crippen molar-refractivity contribution in [3.05, 3.63) is 59.1 Å². The zero-order valence-electron chi connectivity index (χ0n) is 16.1. The average molecular weight is 452 g/mol. The van der Waals surface area contributed by atoms with Gasteiger partial charge in [-0.1, -0.05) is 22.8 Å². The standard InChI is InChI=1S/C20H17ClF3N5O2/c21-15-5-4-13(11-14(15)20(22,23)24)26-19(30)29-9-6-12(7-10-29)18-27-17(28-31-18)16-3-1-2-8-25-16/h1-5,8,11-12H,6-7,9-10H2,(H,26,30). The fourth-order valence-corrected chi connectivity index (χ4v) is 3.58. The van der Waals surface area contributed by atoms with Crippen LogP contribution in [0, 0.1) is 0 Å². The SMILES string of the molecule is O=C(Nc1ccc(Cl)c(C(F)(F)F)c1)N1CCC(c2nc(-c3ccccn3)no2)CC1.